The summed E-state index contributed by atoms with van der Waals surface area (Å²) in [6.45, 7) is 0. The molecule has 2 heterocycles. The molecule has 0 N–H and O–H groups in total. The molecule has 3 nitrogen and oxygen atoms in total. The summed E-state index contributed by atoms with van der Waals surface area (Å²) < 4.78 is 9.64. The molecule has 0 radical (unpaired) electrons. The minimum atomic E-state index is -0.728. The number of fused-ring (bicyclic) bond motifs is 6. The van der Waals surface area contributed by atoms with Gasteiger partial charge in [-0.05, 0) is 133 Å². The van der Waals surface area contributed by atoms with E-state index in [4.69, 9.17) is 4.42 Å². The normalized spacial score (nSPS) is 12.3. The summed E-state index contributed by atoms with van der Waals surface area (Å²) in [7, 11) is 0. The fourth-order valence-corrected chi connectivity index (χ4v) is 13.6. The van der Waals surface area contributed by atoms with E-state index in [1.54, 1.807) is 0 Å². The molecular formula is C83H56N2O. The molecule has 86 heavy (non-hydrogen) atoms. The Bertz CT molecular complexity index is 4860. The van der Waals surface area contributed by atoms with Crippen molar-refractivity contribution in [1.82, 2.24) is 4.57 Å². The van der Waals surface area contributed by atoms with Gasteiger partial charge in [0.05, 0.1) is 16.4 Å². The predicted molar refractivity (Wildman–Crippen MR) is 358 cm³/mol. The molecule has 0 saturated carbocycles. The largest absolute Gasteiger partial charge is 0.455 e. The number of aromatic nitrogens is 1. The zero-order valence-electron chi connectivity index (χ0n) is 47.1. The standard InChI is InChI=1S/C83H56N2O/c1-7-22-57(23-8-1)59-42-49-69(50-43-59)84(71-53-46-61(47-54-71)65-48-55-77-75(56-65)73-34-19-20-37-76(73)85(77)68-32-17-6-18-33-68)70-51-44-60(45-52-70)58-38-40-62(41-39-58)72-35-21-36-74-78-80(82(64-26-11-3-12-27-64)86-81(78)63-24-9-2-10-25-63)83(79(72)74,66-28-13-4-14-29-66)67-30-15-5-16-31-67/h1-56H. The molecule has 0 aliphatic heterocycles. The Labute approximate surface area is 501 Å². The second-order valence-electron chi connectivity index (χ2n) is 22.3. The fourth-order valence-electron chi connectivity index (χ4n) is 13.6. The number of hydrogen-bond donors (Lipinski definition) is 0. The topological polar surface area (TPSA) is 21.3 Å². The van der Waals surface area contributed by atoms with Gasteiger partial charge in [0.25, 0.3) is 0 Å². The van der Waals surface area contributed by atoms with Crippen molar-refractivity contribution < 1.29 is 4.42 Å². The van der Waals surface area contributed by atoms with Crippen LogP contribution >= 0.6 is 0 Å². The van der Waals surface area contributed by atoms with Crippen LogP contribution in [0.4, 0.5) is 17.1 Å². The van der Waals surface area contributed by atoms with Gasteiger partial charge in [0.2, 0.25) is 0 Å². The van der Waals surface area contributed by atoms with Crippen LogP contribution in [-0.4, -0.2) is 4.57 Å². The molecule has 0 saturated heterocycles. The van der Waals surface area contributed by atoms with Gasteiger partial charge in [0.1, 0.15) is 11.5 Å². The third kappa shape index (κ3) is 8.43. The maximum absolute atomic E-state index is 7.27. The maximum Gasteiger partial charge on any atom is 0.142 e. The first kappa shape index (κ1) is 50.5. The highest BCUT2D eigenvalue weighted by molar-refractivity contribution is 6.10. The number of rotatable bonds is 12. The fraction of sp³-hybridized carbons (Fsp3) is 0.0120. The van der Waals surface area contributed by atoms with Crippen LogP contribution in [0.25, 0.3) is 106 Å². The molecule has 3 heteroatoms. The van der Waals surface area contributed by atoms with Crippen molar-refractivity contribution in [2.24, 2.45) is 0 Å². The van der Waals surface area contributed by atoms with Crippen LogP contribution in [0.15, 0.2) is 344 Å². The van der Waals surface area contributed by atoms with Gasteiger partial charge in [-0.15, -0.1) is 0 Å². The molecule has 13 aromatic carbocycles. The lowest BCUT2D eigenvalue weighted by atomic mass is 9.65. The van der Waals surface area contributed by atoms with Gasteiger partial charge >= 0.3 is 0 Å². The van der Waals surface area contributed by atoms with E-state index in [0.29, 0.717) is 0 Å². The summed E-state index contributed by atoms with van der Waals surface area (Å²) in [4.78, 5) is 2.36. The molecule has 2 aromatic heterocycles. The Morgan fingerprint density at radius 1 is 0.267 bits per heavy atom. The molecule has 15 aromatic rings. The Kier molecular flexibility index (Phi) is 12.4. The van der Waals surface area contributed by atoms with Crippen LogP contribution in [0.3, 0.4) is 0 Å². The number of anilines is 3. The number of hydrogen-bond acceptors (Lipinski definition) is 2. The molecule has 1 aliphatic carbocycles. The van der Waals surface area contributed by atoms with E-state index in [9.17, 15) is 0 Å². The van der Waals surface area contributed by atoms with Gasteiger partial charge in [0, 0.05) is 55.8 Å². The van der Waals surface area contributed by atoms with E-state index >= 15 is 0 Å². The Morgan fingerprint density at radius 3 is 1.21 bits per heavy atom. The smallest absolute Gasteiger partial charge is 0.142 e. The van der Waals surface area contributed by atoms with E-state index in [-0.39, 0.29) is 0 Å². The van der Waals surface area contributed by atoms with Crippen LogP contribution in [0.1, 0.15) is 22.3 Å². The molecule has 16 rings (SSSR count). The van der Waals surface area contributed by atoms with Crippen LogP contribution in [0, 0.1) is 0 Å². The minimum absolute atomic E-state index is 0.728. The van der Waals surface area contributed by atoms with Gasteiger partial charge in [0.15, 0.2) is 0 Å². The summed E-state index contributed by atoms with van der Waals surface area (Å²) in [6.07, 6.45) is 0. The Morgan fingerprint density at radius 2 is 0.663 bits per heavy atom. The highest BCUT2D eigenvalue weighted by Crippen LogP contribution is 2.64. The summed E-state index contributed by atoms with van der Waals surface area (Å²) in [5, 5.41) is 2.48. The number of furan rings is 1. The van der Waals surface area contributed by atoms with Crippen molar-refractivity contribution in [2.45, 2.75) is 5.41 Å². The highest BCUT2D eigenvalue weighted by atomic mass is 16.3. The van der Waals surface area contributed by atoms with Crippen LogP contribution in [0.2, 0.25) is 0 Å². The second-order valence-corrected chi connectivity index (χ2v) is 22.3. The van der Waals surface area contributed by atoms with Crippen molar-refractivity contribution in [3.8, 4) is 84.0 Å². The third-order valence-electron chi connectivity index (χ3n) is 17.5. The molecule has 0 atom stereocenters. The average molecular weight is 1100 g/mol. The summed E-state index contributed by atoms with van der Waals surface area (Å²) in [5.41, 5.74) is 24.6. The lowest BCUT2D eigenvalue weighted by molar-refractivity contribution is 0.587. The predicted octanol–water partition coefficient (Wildman–Crippen LogP) is 22.2. The molecule has 0 bridgehead atoms. The minimum Gasteiger partial charge on any atom is -0.455 e. The van der Waals surface area contributed by atoms with E-state index in [0.717, 1.165) is 78.8 Å². The van der Waals surface area contributed by atoms with Crippen LogP contribution < -0.4 is 4.90 Å². The first-order valence-electron chi connectivity index (χ1n) is 29.6. The van der Waals surface area contributed by atoms with Gasteiger partial charge in [-0.25, -0.2) is 0 Å². The zero-order chi connectivity index (χ0) is 57.0. The van der Waals surface area contributed by atoms with Crippen LogP contribution in [-0.2, 0) is 5.41 Å². The molecule has 0 fully saturated rings. The average Bonchev–Trinajstić information content (AvgIpc) is 1.62. The second kappa shape index (κ2) is 21.2. The molecular weight excluding hydrogens is 1040 g/mol. The number of nitrogens with zero attached hydrogens (tertiary/aromatic N) is 2. The van der Waals surface area contributed by atoms with Gasteiger partial charge in [-0.2, -0.15) is 0 Å². The first-order valence-corrected chi connectivity index (χ1v) is 29.6. The zero-order valence-corrected chi connectivity index (χ0v) is 47.1. The van der Waals surface area contributed by atoms with Crippen molar-refractivity contribution in [3.63, 3.8) is 0 Å². The highest BCUT2D eigenvalue weighted by Gasteiger charge is 2.52. The number of benzene rings is 13. The third-order valence-corrected chi connectivity index (χ3v) is 17.5. The Balaban J connectivity index is 0.776. The number of para-hydroxylation sites is 2. The van der Waals surface area contributed by atoms with Crippen molar-refractivity contribution in [3.05, 3.63) is 362 Å². The summed E-state index contributed by atoms with van der Waals surface area (Å²) >= 11 is 0. The van der Waals surface area contributed by atoms with Gasteiger partial charge in [-0.1, -0.05) is 273 Å². The van der Waals surface area contributed by atoms with E-state index < -0.39 is 5.41 Å². The molecule has 0 spiro atoms. The first-order chi connectivity index (χ1) is 42.7. The van der Waals surface area contributed by atoms with Crippen LogP contribution in [0.5, 0.6) is 0 Å². The molecule has 0 amide bonds. The maximum atomic E-state index is 7.27. The SMILES string of the molecule is c1ccc(-c2ccc(N(c3ccc(-c4ccc(-c5cccc6c5C(c5ccccc5)(c5ccccc5)c5c(-c7ccccc7)oc(-c7ccccc7)c5-6)cc4)cc3)c3ccc(-c4ccc5c(c4)c4ccccc4n5-c4ccccc4)cc3)cc2)cc1. The van der Waals surface area contributed by atoms with Gasteiger partial charge < -0.3 is 13.9 Å². The van der Waals surface area contributed by atoms with E-state index in [1.165, 1.54) is 66.3 Å². The van der Waals surface area contributed by atoms with Crippen molar-refractivity contribution in [2.75, 3.05) is 4.90 Å². The van der Waals surface area contributed by atoms with Gasteiger partial charge in [-0.3, -0.25) is 0 Å². The molecule has 1 aliphatic rings. The quantitative estimate of drug-likeness (QED) is 0.122. The lowest BCUT2D eigenvalue weighted by Gasteiger charge is -2.35. The van der Waals surface area contributed by atoms with E-state index in [2.05, 4.69) is 349 Å². The lowest BCUT2D eigenvalue weighted by Crippen LogP contribution is -2.29. The summed E-state index contributed by atoms with van der Waals surface area (Å²) in [6, 6.07) is 123. The Hall–Kier alpha value is -11.3. The monoisotopic (exact) mass is 1100 g/mol. The summed E-state index contributed by atoms with van der Waals surface area (Å²) in [5.74, 6) is 1.76. The van der Waals surface area contributed by atoms with E-state index in [1.807, 2.05) is 0 Å². The van der Waals surface area contributed by atoms with Crippen molar-refractivity contribution >= 4 is 38.9 Å². The molecule has 404 valence electrons. The molecule has 0 unspecified atom stereocenters. The van der Waals surface area contributed by atoms with Crippen molar-refractivity contribution in [1.29, 1.82) is 0 Å².